The van der Waals surface area contributed by atoms with E-state index in [2.05, 4.69) is 28.7 Å². The smallest absolute Gasteiger partial charge is 0.316 e. The molecule has 2 heterocycles. The maximum Gasteiger partial charge on any atom is 0.316 e. The standard InChI is InChI=1S/C13H21N3O/c1-13(2)7-4-5-9-16(13)10-11-6-8-14-12(15-11)17-3/h6,8H,4-5,7,9-10H2,1-3H3. The fourth-order valence-electron chi connectivity index (χ4n) is 2.37. The highest BCUT2D eigenvalue weighted by atomic mass is 16.5. The van der Waals surface area contributed by atoms with Gasteiger partial charge in [-0.2, -0.15) is 4.98 Å². The van der Waals surface area contributed by atoms with Gasteiger partial charge in [-0.15, -0.1) is 0 Å². The minimum absolute atomic E-state index is 0.274. The van der Waals surface area contributed by atoms with Crippen molar-refractivity contribution in [3.63, 3.8) is 0 Å². The van der Waals surface area contributed by atoms with Crippen LogP contribution in [-0.4, -0.2) is 34.1 Å². The first-order valence-electron chi connectivity index (χ1n) is 6.23. The molecule has 1 aliphatic rings. The summed E-state index contributed by atoms with van der Waals surface area (Å²) in [6, 6.07) is 2.42. The summed E-state index contributed by atoms with van der Waals surface area (Å²) >= 11 is 0. The van der Waals surface area contributed by atoms with Gasteiger partial charge in [-0.05, 0) is 39.3 Å². The van der Waals surface area contributed by atoms with Crippen LogP contribution in [0.1, 0.15) is 38.8 Å². The van der Waals surface area contributed by atoms with E-state index in [0.29, 0.717) is 6.01 Å². The Kier molecular flexibility index (Phi) is 3.62. The third kappa shape index (κ3) is 2.94. The second-order valence-corrected chi connectivity index (χ2v) is 5.23. The zero-order valence-electron chi connectivity index (χ0n) is 10.9. The van der Waals surface area contributed by atoms with Crippen LogP contribution >= 0.6 is 0 Å². The van der Waals surface area contributed by atoms with Crippen molar-refractivity contribution < 1.29 is 4.74 Å². The molecule has 0 unspecified atom stereocenters. The topological polar surface area (TPSA) is 38.2 Å². The quantitative estimate of drug-likeness (QED) is 0.805. The van der Waals surface area contributed by atoms with E-state index >= 15 is 0 Å². The molecule has 17 heavy (non-hydrogen) atoms. The summed E-state index contributed by atoms with van der Waals surface area (Å²) in [5.41, 5.74) is 1.31. The number of ether oxygens (including phenoxy) is 1. The lowest BCUT2D eigenvalue weighted by atomic mass is 9.90. The van der Waals surface area contributed by atoms with E-state index in [1.807, 2.05) is 6.07 Å². The normalized spacial score (nSPS) is 20.2. The van der Waals surface area contributed by atoms with Crippen LogP contribution in [-0.2, 0) is 6.54 Å². The molecule has 1 aromatic rings. The van der Waals surface area contributed by atoms with Gasteiger partial charge < -0.3 is 4.74 Å². The van der Waals surface area contributed by atoms with E-state index in [1.165, 1.54) is 19.3 Å². The molecule has 4 heteroatoms. The zero-order valence-corrected chi connectivity index (χ0v) is 10.9. The van der Waals surface area contributed by atoms with Gasteiger partial charge >= 0.3 is 6.01 Å². The van der Waals surface area contributed by atoms with Gasteiger partial charge in [0.05, 0.1) is 12.8 Å². The average molecular weight is 235 g/mol. The fraction of sp³-hybridized carbons (Fsp3) is 0.692. The molecular weight excluding hydrogens is 214 g/mol. The predicted octanol–water partition coefficient (Wildman–Crippen LogP) is 2.25. The highest BCUT2D eigenvalue weighted by Gasteiger charge is 2.29. The lowest BCUT2D eigenvalue weighted by Crippen LogP contribution is -2.46. The van der Waals surface area contributed by atoms with Gasteiger partial charge in [-0.3, -0.25) is 4.90 Å². The van der Waals surface area contributed by atoms with Crippen LogP contribution in [0.3, 0.4) is 0 Å². The summed E-state index contributed by atoms with van der Waals surface area (Å²) in [6.45, 7) is 6.65. The van der Waals surface area contributed by atoms with Crippen LogP contribution in [0.25, 0.3) is 0 Å². The summed E-state index contributed by atoms with van der Waals surface area (Å²) in [5.74, 6) is 0. The lowest BCUT2D eigenvalue weighted by Gasteiger charge is -2.42. The van der Waals surface area contributed by atoms with Crippen LogP contribution in [0, 0.1) is 0 Å². The van der Waals surface area contributed by atoms with E-state index < -0.39 is 0 Å². The van der Waals surface area contributed by atoms with Crippen LogP contribution < -0.4 is 4.74 Å². The number of aromatic nitrogens is 2. The van der Waals surface area contributed by atoms with Gasteiger partial charge in [0.2, 0.25) is 0 Å². The van der Waals surface area contributed by atoms with Crippen molar-refractivity contribution in [1.82, 2.24) is 14.9 Å². The molecule has 2 rings (SSSR count). The first kappa shape index (κ1) is 12.3. The van der Waals surface area contributed by atoms with Crippen LogP contribution in [0.15, 0.2) is 12.3 Å². The number of methoxy groups -OCH3 is 1. The summed E-state index contributed by atoms with van der Waals surface area (Å²) in [6.07, 6.45) is 5.63. The molecule has 1 aliphatic heterocycles. The third-order valence-electron chi connectivity index (χ3n) is 3.55. The lowest BCUT2D eigenvalue weighted by molar-refractivity contribution is 0.0677. The number of piperidine rings is 1. The van der Waals surface area contributed by atoms with E-state index in [4.69, 9.17) is 4.74 Å². The minimum Gasteiger partial charge on any atom is -0.467 e. The van der Waals surface area contributed by atoms with Crippen molar-refractivity contribution in [1.29, 1.82) is 0 Å². The SMILES string of the molecule is COc1nccc(CN2CCCCC2(C)C)n1. The fourth-order valence-corrected chi connectivity index (χ4v) is 2.37. The summed E-state index contributed by atoms with van der Waals surface area (Å²) < 4.78 is 5.06. The molecular formula is C13H21N3O. The average Bonchev–Trinajstić information content (AvgIpc) is 2.32. The van der Waals surface area contributed by atoms with Gasteiger partial charge in [-0.25, -0.2) is 4.98 Å². The molecule has 0 atom stereocenters. The second kappa shape index (κ2) is 5.00. The Morgan fingerprint density at radius 2 is 2.24 bits per heavy atom. The van der Waals surface area contributed by atoms with E-state index in [1.54, 1.807) is 13.3 Å². The molecule has 0 N–H and O–H groups in total. The number of likely N-dealkylation sites (tertiary alicyclic amines) is 1. The molecule has 4 nitrogen and oxygen atoms in total. The number of rotatable bonds is 3. The molecule has 1 fully saturated rings. The zero-order chi connectivity index (χ0) is 12.3. The first-order chi connectivity index (χ1) is 8.12. The molecule has 0 amide bonds. The Labute approximate surface area is 103 Å². The Bertz CT molecular complexity index is 379. The largest absolute Gasteiger partial charge is 0.467 e. The van der Waals surface area contributed by atoms with E-state index in [9.17, 15) is 0 Å². The van der Waals surface area contributed by atoms with Gasteiger partial charge in [-0.1, -0.05) is 6.42 Å². The van der Waals surface area contributed by atoms with Crippen LogP contribution in [0.4, 0.5) is 0 Å². The summed E-state index contributed by atoms with van der Waals surface area (Å²) in [7, 11) is 1.60. The first-order valence-corrected chi connectivity index (χ1v) is 6.23. The van der Waals surface area contributed by atoms with Gasteiger partial charge in [0.25, 0.3) is 0 Å². The Hall–Kier alpha value is -1.16. The van der Waals surface area contributed by atoms with Gasteiger partial charge in [0, 0.05) is 18.3 Å². The van der Waals surface area contributed by atoms with Crippen molar-refractivity contribution in [3.05, 3.63) is 18.0 Å². The molecule has 0 radical (unpaired) electrons. The molecule has 1 saturated heterocycles. The molecule has 0 bridgehead atoms. The maximum absolute atomic E-state index is 5.06. The van der Waals surface area contributed by atoms with E-state index in [0.717, 1.165) is 18.8 Å². The van der Waals surface area contributed by atoms with Crippen molar-refractivity contribution in [2.24, 2.45) is 0 Å². The summed E-state index contributed by atoms with van der Waals surface area (Å²) in [5, 5.41) is 0. The van der Waals surface area contributed by atoms with Crippen LogP contribution in [0.2, 0.25) is 0 Å². The van der Waals surface area contributed by atoms with Crippen molar-refractivity contribution in [2.45, 2.75) is 45.2 Å². The Morgan fingerprint density at radius 3 is 2.94 bits per heavy atom. The monoisotopic (exact) mass is 235 g/mol. The van der Waals surface area contributed by atoms with E-state index in [-0.39, 0.29) is 5.54 Å². The second-order valence-electron chi connectivity index (χ2n) is 5.23. The highest BCUT2D eigenvalue weighted by Crippen LogP contribution is 2.28. The van der Waals surface area contributed by atoms with Gasteiger partial charge in [0.1, 0.15) is 0 Å². The van der Waals surface area contributed by atoms with Crippen molar-refractivity contribution in [2.75, 3.05) is 13.7 Å². The molecule has 0 spiro atoms. The number of hydrogen-bond donors (Lipinski definition) is 0. The van der Waals surface area contributed by atoms with Gasteiger partial charge in [0.15, 0.2) is 0 Å². The highest BCUT2D eigenvalue weighted by molar-refractivity contribution is 5.06. The number of hydrogen-bond acceptors (Lipinski definition) is 4. The molecule has 0 aliphatic carbocycles. The molecule has 0 aromatic carbocycles. The molecule has 0 saturated carbocycles. The Morgan fingerprint density at radius 1 is 1.41 bits per heavy atom. The maximum atomic E-state index is 5.06. The summed E-state index contributed by atoms with van der Waals surface area (Å²) in [4.78, 5) is 10.9. The minimum atomic E-state index is 0.274. The van der Waals surface area contributed by atoms with Crippen LogP contribution in [0.5, 0.6) is 6.01 Å². The molecule has 1 aromatic heterocycles. The Balaban J connectivity index is 2.08. The predicted molar refractivity (Wildman–Crippen MR) is 66.9 cm³/mol. The molecule has 94 valence electrons. The van der Waals surface area contributed by atoms with Crippen molar-refractivity contribution in [3.8, 4) is 6.01 Å². The number of nitrogens with zero attached hydrogens (tertiary/aromatic N) is 3. The third-order valence-corrected chi connectivity index (χ3v) is 3.55. The van der Waals surface area contributed by atoms with Crippen molar-refractivity contribution >= 4 is 0 Å².